The summed E-state index contributed by atoms with van der Waals surface area (Å²) >= 11 is 2.25. The van der Waals surface area contributed by atoms with Gasteiger partial charge in [-0.2, -0.15) is 0 Å². The van der Waals surface area contributed by atoms with Crippen LogP contribution in [0.5, 0.6) is 5.75 Å². The molecule has 1 rings (SSSR count). The fraction of sp³-hybridized carbons (Fsp3) is 0.571. The first-order valence-electron chi connectivity index (χ1n) is 5.57. The third kappa shape index (κ3) is 2.70. The van der Waals surface area contributed by atoms with E-state index in [1.165, 1.54) is 11.1 Å². The van der Waals surface area contributed by atoms with Crippen molar-refractivity contribution in [1.82, 2.24) is 0 Å². The number of phenols is 1. The Bertz CT molecular complexity index is 394. The topological polar surface area (TPSA) is 20.2 Å². The number of benzene rings is 1. The first-order chi connectivity index (χ1) is 7.05. The zero-order valence-corrected chi connectivity index (χ0v) is 13.1. The minimum Gasteiger partial charge on any atom is -0.507 e. The fourth-order valence-electron chi connectivity index (χ4n) is 1.92. The Balaban J connectivity index is 3.59. The molecule has 1 aromatic rings. The molecule has 0 radical (unpaired) electrons. The second-order valence-corrected chi connectivity index (χ2v) is 7.40. The molecular weight excluding hydrogens is 311 g/mol. The largest absolute Gasteiger partial charge is 0.507 e. The van der Waals surface area contributed by atoms with E-state index in [0.717, 1.165) is 3.57 Å². The van der Waals surface area contributed by atoms with Crippen LogP contribution in [-0.4, -0.2) is 5.11 Å². The van der Waals surface area contributed by atoms with E-state index in [-0.39, 0.29) is 10.8 Å². The van der Waals surface area contributed by atoms with Gasteiger partial charge in [0.05, 0.1) is 3.57 Å². The summed E-state index contributed by atoms with van der Waals surface area (Å²) in [7, 11) is 0. The Morgan fingerprint density at radius 3 is 1.81 bits per heavy atom. The van der Waals surface area contributed by atoms with Crippen molar-refractivity contribution in [3.05, 3.63) is 26.8 Å². The summed E-state index contributed by atoms with van der Waals surface area (Å²) in [6.45, 7) is 13.2. The van der Waals surface area contributed by atoms with Gasteiger partial charge in [0.1, 0.15) is 5.75 Å². The van der Waals surface area contributed by atoms with Gasteiger partial charge in [-0.15, -0.1) is 0 Å². The van der Waals surface area contributed by atoms with Crippen LogP contribution < -0.4 is 0 Å². The van der Waals surface area contributed by atoms with Crippen LogP contribution in [0, 0.1) is 3.57 Å². The number of hydrogen-bond donors (Lipinski definition) is 1. The molecule has 0 heterocycles. The summed E-state index contributed by atoms with van der Waals surface area (Å²) in [4.78, 5) is 0. The highest BCUT2D eigenvalue weighted by molar-refractivity contribution is 14.1. The van der Waals surface area contributed by atoms with Crippen molar-refractivity contribution in [3.63, 3.8) is 0 Å². The van der Waals surface area contributed by atoms with Crippen molar-refractivity contribution in [1.29, 1.82) is 0 Å². The fourth-order valence-corrected chi connectivity index (χ4v) is 3.20. The molecule has 0 aromatic heterocycles. The number of aromatic hydroxyl groups is 1. The lowest BCUT2D eigenvalue weighted by Gasteiger charge is -2.31. The van der Waals surface area contributed by atoms with Crippen LogP contribution in [0.4, 0.5) is 0 Å². The van der Waals surface area contributed by atoms with E-state index in [2.05, 4.69) is 70.2 Å². The Morgan fingerprint density at radius 2 is 1.44 bits per heavy atom. The standard InChI is InChI=1S/C14H21IO/c1-13(2,3)9-7-8-10(16)12(15)11(9)14(4,5)6/h7-8,16H,1-6H3. The normalized spacial score (nSPS) is 12.9. The molecule has 0 amide bonds. The highest BCUT2D eigenvalue weighted by Gasteiger charge is 2.28. The first kappa shape index (κ1) is 13.8. The molecule has 0 bridgehead atoms. The second kappa shape index (κ2) is 4.21. The van der Waals surface area contributed by atoms with Gasteiger partial charge in [-0.05, 0) is 50.6 Å². The van der Waals surface area contributed by atoms with Crippen LogP contribution in [-0.2, 0) is 10.8 Å². The molecule has 0 spiro atoms. The van der Waals surface area contributed by atoms with Gasteiger partial charge in [-0.1, -0.05) is 47.6 Å². The third-order valence-electron chi connectivity index (χ3n) is 2.68. The predicted octanol–water partition coefficient (Wildman–Crippen LogP) is 4.59. The molecule has 90 valence electrons. The molecule has 0 fully saturated rings. The molecule has 2 heteroatoms. The second-order valence-electron chi connectivity index (χ2n) is 6.32. The molecular formula is C14H21IO. The van der Waals surface area contributed by atoms with E-state index >= 15 is 0 Å². The molecule has 0 saturated heterocycles. The predicted molar refractivity (Wildman–Crippen MR) is 78.2 cm³/mol. The minimum atomic E-state index is 0.0534. The smallest absolute Gasteiger partial charge is 0.129 e. The number of rotatable bonds is 0. The Kier molecular flexibility index (Phi) is 3.63. The van der Waals surface area contributed by atoms with E-state index in [1.54, 1.807) is 6.07 Å². The quantitative estimate of drug-likeness (QED) is 0.689. The zero-order valence-electron chi connectivity index (χ0n) is 11.0. The monoisotopic (exact) mass is 332 g/mol. The van der Waals surface area contributed by atoms with E-state index < -0.39 is 0 Å². The van der Waals surface area contributed by atoms with Crippen molar-refractivity contribution >= 4 is 22.6 Å². The van der Waals surface area contributed by atoms with Crippen molar-refractivity contribution in [3.8, 4) is 5.75 Å². The summed E-state index contributed by atoms with van der Waals surface area (Å²) in [5.41, 5.74) is 2.75. The molecule has 0 unspecified atom stereocenters. The maximum Gasteiger partial charge on any atom is 0.129 e. The highest BCUT2D eigenvalue weighted by Crippen LogP contribution is 2.39. The Hall–Kier alpha value is -0.250. The summed E-state index contributed by atoms with van der Waals surface area (Å²) in [5.74, 6) is 0.388. The van der Waals surface area contributed by atoms with Gasteiger partial charge in [-0.25, -0.2) is 0 Å². The van der Waals surface area contributed by atoms with E-state index in [9.17, 15) is 5.11 Å². The van der Waals surface area contributed by atoms with Crippen LogP contribution >= 0.6 is 22.6 Å². The molecule has 16 heavy (non-hydrogen) atoms. The van der Waals surface area contributed by atoms with Crippen molar-refractivity contribution in [2.75, 3.05) is 0 Å². The van der Waals surface area contributed by atoms with Gasteiger partial charge in [0.15, 0.2) is 0 Å². The summed E-state index contributed by atoms with van der Waals surface area (Å²) < 4.78 is 0.984. The lowest BCUT2D eigenvalue weighted by atomic mass is 9.75. The molecule has 1 nitrogen and oxygen atoms in total. The summed E-state index contributed by atoms with van der Waals surface area (Å²) in [5, 5.41) is 9.85. The molecule has 1 N–H and O–H groups in total. The number of hydrogen-bond acceptors (Lipinski definition) is 1. The Morgan fingerprint density at radius 1 is 0.938 bits per heavy atom. The molecule has 0 aliphatic carbocycles. The van der Waals surface area contributed by atoms with Crippen LogP contribution in [0.25, 0.3) is 0 Å². The van der Waals surface area contributed by atoms with Gasteiger partial charge in [-0.3, -0.25) is 0 Å². The van der Waals surface area contributed by atoms with Crippen LogP contribution in [0.2, 0.25) is 0 Å². The highest BCUT2D eigenvalue weighted by atomic mass is 127. The van der Waals surface area contributed by atoms with E-state index in [0.29, 0.717) is 5.75 Å². The average Bonchev–Trinajstić information content (AvgIpc) is 2.05. The number of phenolic OH excluding ortho intramolecular Hbond substituents is 1. The maximum absolute atomic E-state index is 9.85. The molecule has 0 aliphatic heterocycles. The summed E-state index contributed by atoms with van der Waals surface area (Å²) in [6, 6.07) is 3.86. The maximum atomic E-state index is 9.85. The third-order valence-corrected chi connectivity index (χ3v) is 3.77. The van der Waals surface area contributed by atoms with Crippen LogP contribution in [0.3, 0.4) is 0 Å². The molecule has 0 atom stereocenters. The summed E-state index contributed by atoms with van der Waals surface area (Å²) in [6.07, 6.45) is 0. The van der Waals surface area contributed by atoms with Gasteiger partial charge in [0.25, 0.3) is 0 Å². The van der Waals surface area contributed by atoms with E-state index in [1.807, 2.05) is 0 Å². The van der Waals surface area contributed by atoms with Crippen molar-refractivity contribution in [2.24, 2.45) is 0 Å². The van der Waals surface area contributed by atoms with Gasteiger partial charge in [0.2, 0.25) is 0 Å². The van der Waals surface area contributed by atoms with Crippen molar-refractivity contribution in [2.45, 2.75) is 52.4 Å². The molecule has 0 aliphatic rings. The lowest BCUT2D eigenvalue weighted by molar-refractivity contribution is 0.460. The molecule has 1 aromatic carbocycles. The Labute approximate surface area is 112 Å². The first-order valence-corrected chi connectivity index (χ1v) is 6.65. The molecule has 0 saturated carbocycles. The number of halogens is 1. The lowest BCUT2D eigenvalue weighted by Crippen LogP contribution is -2.23. The SMILES string of the molecule is CC(C)(C)c1ccc(O)c(I)c1C(C)(C)C. The zero-order chi connectivity index (χ0) is 12.7. The average molecular weight is 332 g/mol. The van der Waals surface area contributed by atoms with Gasteiger partial charge < -0.3 is 5.11 Å². The van der Waals surface area contributed by atoms with Crippen LogP contribution in [0.15, 0.2) is 12.1 Å². The van der Waals surface area contributed by atoms with Crippen LogP contribution in [0.1, 0.15) is 52.7 Å². The van der Waals surface area contributed by atoms with Gasteiger partial charge >= 0.3 is 0 Å². The minimum absolute atomic E-state index is 0.0534. The van der Waals surface area contributed by atoms with Crippen molar-refractivity contribution < 1.29 is 5.11 Å². The van der Waals surface area contributed by atoms with Gasteiger partial charge in [0, 0.05) is 0 Å². The van der Waals surface area contributed by atoms with E-state index in [4.69, 9.17) is 0 Å².